The van der Waals surface area contributed by atoms with Crippen molar-refractivity contribution in [1.29, 1.82) is 0 Å². The summed E-state index contributed by atoms with van der Waals surface area (Å²) in [6, 6.07) is 3.73. The molecule has 0 spiro atoms. The Labute approximate surface area is 107 Å². The van der Waals surface area contributed by atoms with E-state index in [4.69, 9.17) is 10.5 Å². The van der Waals surface area contributed by atoms with E-state index in [1.807, 2.05) is 19.2 Å². The average molecular weight is 252 g/mol. The minimum atomic E-state index is -0.0606. The first-order valence-electron chi connectivity index (χ1n) is 5.79. The van der Waals surface area contributed by atoms with Crippen LogP contribution in [-0.2, 0) is 16.1 Å². The number of nitrogens with two attached hydrogens (primary N) is 1. The summed E-state index contributed by atoms with van der Waals surface area (Å²) >= 11 is 0. The van der Waals surface area contributed by atoms with Crippen LogP contribution in [0.5, 0.6) is 0 Å². The maximum Gasteiger partial charge on any atom is 0.239 e. The third-order valence-corrected chi connectivity index (χ3v) is 2.45. The molecule has 0 aliphatic rings. The maximum absolute atomic E-state index is 11.6. The molecule has 6 heteroatoms. The summed E-state index contributed by atoms with van der Waals surface area (Å²) in [6.07, 6.45) is 1.69. The van der Waals surface area contributed by atoms with E-state index in [1.165, 1.54) is 0 Å². The molecular weight excluding hydrogens is 232 g/mol. The first-order valence-corrected chi connectivity index (χ1v) is 5.79. The molecule has 0 saturated carbocycles. The second kappa shape index (κ2) is 7.62. The molecule has 1 amide bonds. The SMILES string of the molecule is COCCNC(=O)CN(C)c1cc(CN)ccn1. The molecule has 100 valence electrons. The van der Waals surface area contributed by atoms with E-state index >= 15 is 0 Å². The number of hydrogen-bond acceptors (Lipinski definition) is 5. The highest BCUT2D eigenvalue weighted by atomic mass is 16.5. The normalized spacial score (nSPS) is 10.2. The van der Waals surface area contributed by atoms with Gasteiger partial charge in [-0.05, 0) is 17.7 Å². The van der Waals surface area contributed by atoms with Crippen LogP contribution in [0.15, 0.2) is 18.3 Å². The van der Waals surface area contributed by atoms with Crippen molar-refractivity contribution in [3.63, 3.8) is 0 Å². The highest BCUT2D eigenvalue weighted by molar-refractivity contribution is 5.80. The van der Waals surface area contributed by atoms with Crippen molar-refractivity contribution in [2.24, 2.45) is 5.73 Å². The molecule has 0 aliphatic heterocycles. The van der Waals surface area contributed by atoms with Crippen LogP contribution in [0.25, 0.3) is 0 Å². The summed E-state index contributed by atoms with van der Waals surface area (Å²) in [5, 5.41) is 2.75. The number of rotatable bonds is 7. The Bertz CT molecular complexity index is 384. The molecule has 0 saturated heterocycles. The van der Waals surface area contributed by atoms with Crippen LogP contribution in [0.2, 0.25) is 0 Å². The number of likely N-dealkylation sites (N-methyl/N-ethyl adjacent to an activating group) is 1. The zero-order valence-electron chi connectivity index (χ0n) is 10.8. The average Bonchev–Trinajstić information content (AvgIpc) is 2.39. The number of carbonyl (C=O) groups excluding carboxylic acids is 1. The molecule has 0 atom stereocenters. The molecule has 0 bridgehead atoms. The smallest absolute Gasteiger partial charge is 0.239 e. The molecule has 3 N–H and O–H groups in total. The Kier molecular flexibility index (Phi) is 6.10. The van der Waals surface area contributed by atoms with Crippen LogP contribution in [0, 0.1) is 0 Å². The summed E-state index contributed by atoms with van der Waals surface area (Å²) in [5.74, 6) is 0.675. The fourth-order valence-corrected chi connectivity index (χ4v) is 1.44. The van der Waals surface area contributed by atoms with Gasteiger partial charge >= 0.3 is 0 Å². The lowest BCUT2D eigenvalue weighted by Gasteiger charge is -2.18. The lowest BCUT2D eigenvalue weighted by molar-refractivity contribution is -0.119. The number of nitrogens with zero attached hydrogens (tertiary/aromatic N) is 2. The van der Waals surface area contributed by atoms with Gasteiger partial charge in [-0.15, -0.1) is 0 Å². The number of amides is 1. The standard InChI is InChI=1S/C12H20N4O2/c1-16(9-12(17)15-5-6-18-2)11-7-10(8-13)3-4-14-11/h3-4,7H,5-6,8-9,13H2,1-2H3,(H,15,17). The summed E-state index contributed by atoms with van der Waals surface area (Å²) in [5.41, 5.74) is 6.55. The number of anilines is 1. The van der Waals surface area contributed by atoms with Crippen molar-refractivity contribution >= 4 is 11.7 Å². The number of nitrogens with one attached hydrogen (secondary N) is 1. The van der Waals surface area contributed by atoms with E-state index in [1.54, 1.807) is 18.2 Å². The third-order valence-electron chi connectivity index (χ3n) is 2.45. The Balaban J connectivity index is 2.48. The van der Waals surface area contributed by atoms with Gasteiger partial charge in [0.25, 0.3) is 0 Å². The maximum atomic E-state index is 11.6. The van der Waals surface area contributed by atoms with Crippen LogP contribution in [0.1, 0.15) is 5.56 Å². The second-order valence-corrected chi connectivity index (χ2v) is 3.93. The van der Waals surface area contributed by atoms with Crippen LogP contribution < -0.4 is 16.0 Å². The molecule has 1 aromatic heterocycles. The van der Waals surface area contributed by atoms with E-state index < -0.39 is 0 Å². The molecule has 18 heavy (non-hydrogen) atoms. The van der Waals surface area contributed by atoms with E-state index in [0.717, 1.165) is 11.4 Å². The zero-order chi connectivity index (χ0) is 13.4. The van der Waals surface area contributed by atoms with Crippen molar-refractivity contribution in [3.05, 3.63) is 23.9 Å². The lowest BCUT2D eigenvalue weighted by atomic mass is 10.2. The van der Waals surface area contributed by atoms with Gasteiger partial charge in [0.15, 0.2) is 0 Å². The number of ether oxygens (including phenoxy) is 1. The summed E-state index contributed by atoms with van der Waals surface area (Å²) in [4.78, 5) is 17.6. The second-order valence-electron chi connectivity index (χ2n) is 3.93. The van der Waals surface area contributed by atoms with Gasteiger partial charge in [0, 0.05) is 33.4 Å². The molecule has 1 rings (SSSR count). The van der Waals surface area contributed by atoms with E-state index in [9.17, 15) is 4.79 Å². The first kappa shape index (κ1) is 14.4. The lowest BCUT2D eigenvalue weighted by Crippen LogP contribution is -2.37. The van der Waals surface area contributed by atoms with Gasteiger partial charge in [-0.1, -0.05) is 0 Å². The predicted octanol–water partition coefficient (Wildman–Crippen LogP) is -0.261. The molecule has 1 heterocycles. The Morgan fingerprint density at radius 2 is 2.39 bits per heavy atom. The van der Waals surface area contributed by atoms with Crippen LogP contribution >= 0.6 is 0 Å². The molecule has 1 aromatic rings. The molecule has 0 unspecified atom stereocenters. The minimum absolute atomic E-state index is 0.0606. The number of carbonyl (C=O) groups is 1. The topological polar surface area (TPSA) is 80.5 Å². The van der Waals surface area contributed by atoms with Gasteiger partial charge in [0.2, 0.25) is 5.91 Å². The molecular formula is C12H20N4O2. The number of methoxy groups -OCH3 is 1. The van der Waals surface area contributed by atoms with Crippen molar-refractivity contribution in [3.8, 4) is 0 Å². The quantitative estimate of drug-likeness (QED) is 0.653. The highest BCUT2D eigenvalue weighted by Crippen LogP contribution is 2.10. The Morgan fingerprint density at radius 1 is 1.61 bits per heavy atom. The van der Waals surface area contributed by atoms with Crippen LogP contribution in [0.4, 0.5) is 5.82 Å². The minimum Gasteiger partial charge on any atom is -0.383 e. The Hall–Kier alpha value is -1.66. The van der Waals surface area contributed by atoms with Crippen molar-refractivity contribution in [2.45, 2.75) is 6.54 Å². The van der Waals surface area contributed by atoms with Crippen LogP contribution in [-0.4, -0.2) is 44.7 Å². The number of aromatic nitrogens is 1. The van der Waals surface area contributed by atoms with Crippen molar-refractivity contribution < 1.29 is 9.53 Å². The van der Waals surface area contributed by atoms with E-state index in [2.05, 4.69) is 10.3 Å². The number of hydrogen-bond donors (Lipinski definition) is 2. The van der Waals surface area contributed by atoms with Gasteiger partial charge < -0.3 is 20.7 Å². The van der Waals surface area contributed by atoms with Gasteiger partial charge in [-0.3, -0.25) is 4.79 Å². The summed E-state index contributed by atoms with van der Waals surface area (Å²) < 4.78 is 4.86. The van der Waals surface area contributed by atoms with Gasteiger partial charge in [-0.2, -0.15) is 0 Å². The monoisotopic (exact) mass is 252 g/mol. The van der Waals surface area contributed by atoms with Gasteiger partial charge in [0.1, 0.15) is 5.82 Å². The first-order chi connectivity index (χ1) is 8.67. The zero-order valence-corrected chi connectivity index (χ0v) is 10.8. The van der Waals surface area contributed by atoms with Gasteiger partial charge in [0.05, 0.1) is 13.2 Å². The van der Waals surface area contributed by atoms with Crippen molar-refractivity contribution in [1.82, 2.24) is 10.3 Å². The van der Waals surface area contributed by atoms with E-state index in [0.29, 0.717) is 19.7 Å². The Morgan fingerprint density at radius 3 is 3.06 bits per heavy atom. The number of pyridine rings is 1. The molecule has 6 nitrogen and oxygen atoms in total. The molecule has 0 aliphatic carbocycles. The van der Waals surface area contributed by atoms with Gasteiger partial charge in [-0.25, -0.2) is 4.98 Å². The summed E-state index contributed by atoms with van der Waals surface area (Å²) in [7, 11) is 3.42. The van der Waals surface area contributed by atoms with Crippen molar-refractivity contribution in [2.75, 3.05) is 38.8 Å². The van der Waals surface area contributed by atoms with Crippen LogP contribution in [0.3, 0.4) is 0 Å². The largest absolute Gasteiger partial charge is 0.383 e. The molecule has 0 fully saturated rings. The fraction of sp³-hybridized carbons (Fsp3) is 0.500. The fourth-order valence-electron chi connectivity index (χ4n) is 1.44. The third kappa shape index (κ3) is 4.68. The summed E-state index contributed by atoms with van der Waals surface area (Å²) in [6.45, 7) is 1.74. The van der Waals surface area contributed by atoms with E-state index in [-0.39, 0.29) is 12.5 Å². The molecule has 0 radical (unpaired) electrons. The highest BCUT2D eigenvalue weighted by Gasteiger charge is 2.08. The molecule has 0 aromatic carbocycles. The predicted molar refractivity (Wildman–Crippen MR) is 70.3 cm³/mol.